The molecule has 3 atom stereocenters. The van der Waals surface area contributed by atoms with Gasteiger partial charge in [-0.2, -0.15) is 0 Å². The van der Waals surface area contributed by atoms with E-state index >= 15 is 0 Å². The first-order valence-electron chi connectivity index (χ1n) is 14.1. The quantitative estimate of drug-likeness (QED) is 0.199. The van der Waals surface area contributed by atoms with Gasteiger partial charge in [0.1, 0.15) is 11.8 Å². The lowest BCUT2D eigenvalue weighted by atomic mass is 9.83. The summed E-state index contributed by atoms with van der Waals surface area (Å²) in [5.74, 6) is -3.50. The van der Waals surface area contributed by atoms with Gasteiger partial charge in [0.15, 0.2) is 0 Å². The summed E-state index contributed by atoms with van der Waals surface area (Å²) in [6, 6.07) is 18.6. The molecule has 4 aromatic rings. The molecule has 2 aliphatic rings. The number of thioether (sulfide) groups is 1. The number of carbonyl (C=O) groups is 4. The van der Waals surface area contributed by atoms with Gasteiger partial charge in [-0.3, -0.25) is 23.7 Å². The van der Waals surface area contributed by atoms with Crippen molar-refractivity contribution in [1.29, 1.82) is 0 Å². The van der Waals surface area contributed by atoms with Crippen molar-refractivity contribution in [2.75, 3.05) is 16.8 Å². The van der Waals surface area contributed by atoms with Gasteiger partial charge in [-0.05, 0) is 73.2 Å². The van der Waals surface area contributed by atoms with Crippen LogP contribution in [-0.4, -0.2) is 48.5 Å². The molecule has 3 unspecified atom stereocenters. The number of fused-ring (bicyclic) bond motifs is 2. The fourth-order valence-corrected chi connectivity index (χ4v) is 9.13. The molecule has 0 spiro atoms. The number of hydrogen-bond donors (Lipinski definition) is 2. The number of anilines is 2. The highest BCUT2D eigenvalue weighted by Crippen LogP contribution is 2.54. The van der Waals surface area contributed by atoms with Crippen molar-refractivity contribution in [1.82, 2.24) is 4.57 Å². The molecule has 1 saturated heterocycles. The van der Waals surface area contributed by atoms with Gasteiger partial charge in [-0.25, -0.2) is 23.3 Å². The molecule has 1 fully saturated rings. The zero-order valence-corrected chi connectivity index (χ0v) is 28.5. The maximum Gasteiger partial charge on any atom is 0.338 e. The molecule has 16 heteroatoms. The minimum atomic E-state index is -3.92. The molecule has 0 aliphatic carbocycles. The number of benzene rings is 3. The van der Waals surface area contributed by atoms with E-state index in [1.807, 2.05) is 24.3 Å². The summed E-state index contributed by atoms with van der Waals surface area (Å²) in [5, 5.41) is 7.30. The number of amides is 3. The van der Waals surface area contributed by atoms with Crippen LogP contribution < -0.4 is 20.2 Å². The van der Waals surface area contributed by atoms with Gasteiger partial charge in [0.05, 0.1) is 33.7 Å². The van der Waals surface area contributed by atoms with Crippen molar-refractivity contribution >= 4 is 84.1 Å². The van der Waals surface area contributed by atoms with Crippen molar-refractivity contribution < 1.29 is 32.3 Å². The minimum Gasteiger partial charge on any atom is -0.462 e. The lowest BCUT2D eigenvalue weighted by molar-refractivity contribution is -0.122. The SMILES string of the molecule is CCOC(=O)c1ccc(N2C(=O)C3Sc4c(sc(=O)n4CC(=O)Nc4ccc(S(N)(=O)=O)cc4)C(c4ccc(Br)cc4)C3C2=O)cc1. The van der Waals surface area contributed by atoms with Crippen molar-refractivity contribution in [3.05, 3.63) is 103 Å². The molecule has 47 heavy (non-hydrogen) atoms. The van der Waals surface area contributed by atoms with Gasteiger partial charge in [-0.15, -0.1) is 0 Å². The van der Waals surface area contributed by atoms with Crippen LogP contribution in [0.4, 0.5) is 11.4 Å². The van der Waals surface area contributed by atoms with E-state index < -0.39 is 55.7 Å². The smallest absolute Gasteiger partial charge is 0.338 e. The molecule has 12 nitrogen and oxygen atoms in total. The number of esters is 1. The molecule has 3 N–H and O–H groups in total. The van der Waals surface area contributed by atoms with E-state index in [0.717, 1.165) is 38.0 Å². The minimum absolute atomic E-state index is 0.122. The highest BCUT2D eigenvalue weighted by Gasteiger charge is 2.56. The molecule has 1 aromatic heterocycles. The number of hydrogen-bond acceptors (Lipinski definition) is 10. The Balaban J connectivity index is 1.34. The number of aromatic nitrogens is 1. The molecule has 3 aromatic carbocycles. The van der Waals surface area contributed by atoms with E-state index in [1.165, 1.54) is 53.1 Å². The Labute approximate surface area is 285 Å². The van der Waals surface area contributed by atoms with Crippen molar-refractivity contribution in [2.24, 2.45) is 11.1 Å². The Kier molecular flexibility index (Phi) is 8.97. The standard InChI is InChI=1S/C31H25BrN4O8S3/c1-2-44-30(40)17-5-11-20(12-6-17)36-27(38)24-23(16-3-7-18(32)8-4-16)26-29(45-25(24)28(36)39)35(31(41)46-26)15-22(37)34-19-9-13-21(14-10-19)47(33,42)43/h3-14,23-25H,2,15H2,1H3,(H,34,37)(H2,33,42,43). The maximum atomic E-state index is 14.1. The first kappa shape index (κ1) is 32.8. The van der Waals surface area contributed by atoms with Crippen molar-refractivity contribution in [3.63, 3.8) is 0 Å². The molecule has 0 saturated carbocycles. The number of imide groups is 1. The van der Waals surface area contributed by atoms with Gasteiger partial charge in [0.25, 0.3) is 0 Å². The number of carbonyl (C=O) groups excluding carboxylic acids is 4. The van der Waals surface area contributed by atoms with Gasteiger partial charge in [0, 0.05) is 21.0 Å². The highest BCUT2D eigenvalue weighted by molar-refractivity contribution is 9.10. The number of nitrogens with two attached hydrogens (primary N) is 1. The number of rotatable bonds is 8. The second-order valence-electron chi connectivity index (χ2n) is 10.6. The molecule has 2 aliphatic heterocycles. The number of nitrogens with one attached hydrogen (secondary N) is 1. The van der Waals surface area contributed by atoms with Crippen LogP contribution in [0.1, 0.15) is 33.6 Å². The molecular weight excluding hydrogens is 732 g/mol. The number of nitrogens with zero attached hydrogens (tertiary/aromatic N) is 2. The summed E-state index contributed by atoms with van der Waals surface area (Å²) in [5.41, 5.74) is 1.59. The molecular formula is C31H25BrN4O8S3. The van der Waals surface area contributed by atoms with Gasteiger partial charge < -0.3 is 10.1 Å². The molecule has 242 valence electrons. The number of thiazole rings is 1. The molecule has 3 heterocycles. The zero-order valence-electron chi connectivity index (χ0n) is 24.4. The Hall–Kier alpha value is -4.09. The van der Waals surface area contributed by atoms with Crippen LogP contribution in [-0.2, 0) is 35.7 Å². The van der Waals surface area contributed by atoms with E-state index in [0.29, 0.717) is 21.3 Å². The summed E-state index contributed by atoms with van der Waals surface area (Å²) in [6.45, 7) is 1.50. The van der Waals surface area contributed by atoms with Crippen LogP contribution in [0.15, 0.2) is 92.0 Å². The fraction of sp³-hybridized carbons (Fsp3) is 0.194. The van der Waals surface area contributed by atoms with E-state index in [2.05, 4.69) is 21.2 Å². The predicted octanol–water partition coefficient (Wildman–Crippen LogP) is 3.93. The summed E-state index contributed by atoms with van der Waals surface area (Å²) in [4.78, 5) is 67.8. The third-order valence-electron chi connectivity index (χ3n) is 7.68. The number of primary sulfonamides is 1. The van der Waals surface area contributed by atoms with Crippen LogP contribution in [0.5, 0.6) is 0 Å². The molecule has 0 radical (unpaired) electrons. The lowest BCUT2D eigenvalue weighted by Crippen LogP contribution is -2.33. The van der Waals surface area contributed by atoms with E-state index in [4.69, 9.17) is 9.88 Å². The average molecular weight is 758 g/mol. The van der Waals surface area contributed by atoms with E-state index in [9.17, 15) is 32.4 Å². The Bertz CT molecular complexity index is 2080. The van der Waals surface area contributed by atoms with E-state index in [-0.39, 0.29) is 23.6 Å². The topological polar surface area (TPSA) is 175 Å². The van der Waals surface area contributed by atoms with Crippen LogP contribution in [0, 0.1) is 5.92 Å². The third kappa shape index (κ3) is 6.30. The van der Waals surface area contributed by atoms with Gasteiger partial charge in [0.2, 0.25) is 27.7 Å². The Morgan fingerprint density at radius 2 is 1.62 bits per heavy atom. The van der Waals surface area contributed by atoms with Crippen LogP contribution in [0.3, 0.4) is 0 Å². The second kappa shape index (κ2) is 12.8. The predicted molar refractivity (Wildman–Crippen MR) is 179 cm³/mol. The van der Waals surface area contributed by atoms with Crippen LogP contribution in [0.25, 0.3) is 0 Å². The zero-order chi connectivity index (χ0) is 33.6. The molecule has 3 amide bonds. The summed E-state index contributed by atoms with van der Waals surface area (Å²) in [7, 11) is -3.92. The number of sulfonamides is 1. The van der Waals surface area contributed by atoms with Crippen LogP contribution >= 0.6 is 39.0 Å². The monoisotopic (exact) mass is 756 g/mol. The second-order valence-corrected chi connectivity index (χ2v) is 15.2. The maximum absolute atomic E-state index is 14.1. The number of ether oxygens (including phenoxy) is 1. The number of halogens is 1. The van der Waals surface area contributed by atoms with Crippen molar-refractivity contribution in [3.8, 4) is 0 Å². The fourth-order valence-electron chi connectivity index (χ4n) is 5.57. The van der Waals surface area contributed by atoms with Crippen molar-refractivity contribution in [2.45, 2.75) is 34.6 Å². The summed E-state index contributed by atoms with van der Waals surface area (Å²) in [6.07, 6.45) is 0. The summed E-state index contributed by atoms with van der Waals surface area (Å²) >= 11 is 5.42. The normalized spacial score (nSPS) is 18.9. The first-order chi connectivity index (χ1) is 22.4. The van der Waals surface area contributed by atoms with Gasteiger partial charge >= 0.3 is 10.8 Å². The van der Waals surface area contributed by atoms with E-state index in [1.54, 1.807) is 6.92 Å². The van der Waals surface area contributed by atoms with Crippen LogP contribution in [0.2, 0.25) is 0 Å². The lowest BCUT2D eigenvalue weighted by Gasteiger charge is -2.30. The average Bonchev–Trinajstić information content (AvgIpc) is 3.47. The third-order valence-corrected chi connectivity index (χ3v) is 11.7. The first-order valence-corrected chi connectivity index (χ1v) is 18.1. The Morgan fingerprint density at radius 3 is 2.23 bits per heavy atom. The summed E-state index contributed by atoms with van der Waals surface area (Å²) < 4.78 is 30.3. The van der Waals surface area contributed by atoms with Gasteiger partial charge in [-0.1, -0.05) is 51.2 Å². The largest absolute Gasteiger partial charge is 0.462 e. The highest BCUT2D eigenvalue weighted by atomic mass is 79.9. The Morgan fingerprint density at radius 1 is 0.957 bits per heavy atom. The molecule has 0 bridgehead atoms. The molecule has 6 rings (SSSR count).